The molecule has 0 radical (unpaired) electrons. The van der Waals surface area contributed by atoms with Crippen molar-refractivity contribution in [2.24, 2.45) is 0 Å². The Morgan fingerprint density at radius 3 is 1.30 bits per heavy atom. The summed E-state index contributed by atoms with van der Waals surface area (Å²) in [5.41, 5.74) is 16.8. The van der Waals surface area contributed by atoms with Crippen LogP contribution in [0.5, 0.6) is 28.7 Å². The predicted molar refractivity (Wildman–Crippen MR) is 174 cm³/mol. The monoisotopic (exact) mass is 570 g/mol. The van der Waals surface area contributed by atoms with Crippen molar-refractivity contribution < 1.29 is 14.2 Å². The van der Waals surface area contributed by atoms with Crippen molar-refractivity contribution in [1.82, 2.24) is 0 Å². The van der Waals surface area contributed by atoms with Crippen molar-refractivity contribution in [2.75, 3.05) is 11.5 Å². The molecule has 0 aliphatic heterocycles. The third-order valence-electron chi connectivity index (χ3n) is 8.47. The Hall–Kier alpha value is -4.90. The van der Waals surface area contributed by atoms with Crippen LogP contribution in [0.1, 0.15) is 49.3 Å². The van der Waals surface area contributed by atoms with E-state index in [1.807, 2.05) is 48.5 Å². The van der Waals surface area contributed by atoms with E-state index in [2.05, 4.69) is 79.7 Å². The fraction of sp³-hybridized carbons (Fsp3) is 0.211. The molecule has 0 saturated heterocycles. The molecule has 0 unspecified atom stereocenters. The van der Waals surface area contributed by atoms with Crippen LogP contribution in [0.3, 0.4) is 0 Å². The van der Waals surface area contributed by atoms with Gasteiger partial charge in [-0.2, -0.15) is 0 Å². The average molecular weight is 571 g/mol. The lowest BCUT2D eigenvalue weighted by Gasteiger charge is -2.41. The molecule has 5 aromatic carbocycles. The smallest absolute Gasteiger partial charge is 0.127 e. The van der Waals surface area contributed by atoms with Crippen molar-refractivity contribution in [3.8, 4) is 28.7 Å². The SMILES string of the molecule is CCc1ccc(OC2CCC(c3ccc(Oc4ccc(N)cc4)cc3)(c3ccc(Oc4ccc(N)cc4)cc3)CC2)cc1. The second kappa shape index (κ2) is 12.5. The Morgan fingerprint density at radius 2 is 0.907 bits per heavy atom. The van der Waals surface area contributed by atoms with Gasteiger partial charge in [0.25, 0.3) is 0 Å². The van der Waals surface area contributed by atoms with E-state index in [9.17, 15) is 0 Å². The number of nitrogen functional groups attached to an aromatic ring is 2. The average Bonchev–Trinajstić information content (AvgIpc) is 3.05. The van der Waals surface area contributed by atoms with Gasteiger partial charge in [-0.1, -0.05) is 43.3 Å². The Bertz CT molecular complexity index is 1510. The van der Waals surface area contributed by atoms with Crippen LogP contribution in [0.4, 0.5) is 11.4 Å². The summed E-state index contributed by atoms with van der Waals surface area (Å²) in [5.74, 6) is 4.06. The van der Waals surface area contributed by atoms with Gasteiger partial charge >= 0.3 is 0 Å². The van der Waals surface area contributed by atoms with E-state index in [1.165, 1.54) is 16.7 Å². The van der Waals surface area contributed by atoms with Crippen LogP contribution >= 0.6 is 0 Å². The highest BCUT2D eigenvalue weighted by atomic mass is 16.5. The zero-order chi connectivity index (χ0) is 29.6. The topological polar surface area (TPSA) is 79.7 Å². The van der Waals surface area contributed by atoms with Crippen LogP contribution in [-0.4, -0.2) is 6.10 Å². The number of aryl methyl sites for hydroxylation is 1. The third-order valence-corrected chi connectivity index (χ3v) is 8.47. The second-order valence-corrected chi connectivity index (χ2v) is 11.3. The van der Waals surface area contributed by atoms with Gasteiger partial charge in [0.2, 0.25) is 0 Å². The fourth-order valence-corrected chi connectivity index (χ4v) is 5.97. The highest BCUT2D eigenvalue weighted by Crippen LogP contribution is 2.46. The predicted octanol–water partition coefficient (Wildman–Crippen LogP) is 9.31. The molecule has 1 fully saturated rings. The first-order chi connectivity index (χ1) is 21.0. The number of ether oxygens (including phenoxy) is 3. The van der Waals surface area contributed by atoms with Gasteiger partial charge in [0.15, 0.2) is 0 Å². The molecule has 0 aromatic heterocycles. The molecule has 43 heavy (non-hydrogen) atoms. The minimum Gasteiger partial charge on any atom is -0.490 e. The highest BCUT2D eigenvalue weighted by molar-refractivity contribution is 5.47. The van der Waals surface area contributed by atoms with Crippen LogP contribution in [-0.2, 0) is 11.8 Å². The molecule has 0 heterocycles. The molecule has 0 atom stereocenters. The molecule has 6 rings (SSSR count). The summed E-state index contributed by atoms with van der Waals surface area (Å²) >= 11 is 0. The largest absolute Gasteiger partial charge is 0.490 e. The summed E-state index contributed by atoms with van der Waals surface area (Å²) in [7, 11) is 0. The molecule has 4 N–H and O–H groups in total. The van der Waals surface area contributed by atoms with Gasteiger partial charge in [-0.3, -0.25) is 0 Å². The normalized spacial score (nSPS) is 14.6. The first-order valence-corrected chi connectivity index (χ1v) is 15.0. The molecule has 218 valence electrons. The van der Waals surface area contributed by atoms with Crippen LogP contribution in [0.2, 0.25) is 0 Å². The molecule has 0 amide bonds. The first kappa shape index (κ1) is 28.2. The fourth-order valence-electron chi connectivity index (χ4n) is 5.97. The van der Waals surface area contributed by atoms with E-state index in [0.29, 0.717) is 11.4 Å². The maximum absolute atomic E-state index is 6.45. The van der Waals surface area contributed by atoms with Crippen LogP contribution < -0.4 is 25.7 Å². The number of benzene rings is 5. The number of hydrogen-bond acceptors (Lipinski definition) is 5. The summed E-state index contributed by atoms with van der Waals surface area (Å²) in [4.78, 5) is 0. The number of anilines is 2. The first-order valence-electron chi connectivity index (χ1n) is 15.0. The molecule has 1 saturated carbocycles. The summed E-state index contributed by atoms with van der Waals surface area (Å²) in [6.45, 7) is 2.17. The standard InChI is InChI=1S/C38H38N2O3/c1-2-27-3-13-32(14-4-27)43-37-23-25-38(26-24-37,28-5-15-33(16-6-28)41-35-19-9-30(39)10-20-35)29-7-17-34(18-8-29)42-36-21-11-31(40)12-22-36/h3-22,37H,2,23-26,39-40H2,1H3. The molecule has 5 aromatic rings. The maximum Gasteiger partial charge on any atom is 0.127 e. The van der Waals surface area contributed by atoms with E-state index >= 15 is 0 Å². The quantitative estimate of drug-likeness (QED) is 0.173. The van der Waals surface area contributed by atoms with Crippen molar-refractivity contribution in [2.45, 2.75) is 50.5 Å². The van der Waals surface area contributed by atoms with Crippen molar-refractivity contribution in [3.05, 3.63) is 138 Å². The van der Waals surface area contributed by atoms with E-state index in [1.54, 1.807) is 0 Å². The molecular weight excluding hydrogens is 532 g/mol. The van der Waals surface area contributed by atoms with Gasteiger partial charge in [-0.25, -0.2) is 0 Å². The van der Waals surface area contributed by atoms with E-state index in [0.717, 1.165) is 60.9 Å². The van der Waals surface area contributed by atoms with Crippen molar-refractivity contribution in [3.63, 3.8) is 0 Å². The van der Waals surface area contributed by atoms with Crippen LogP contribution in [0.25, 0.3) is 0 Å². The third kappa shape index (κ3) is 6.62. The molecular formula is C38H38N2O3. The Labute approximate surface area is 254 Å². The number of hydrogen-bond donors (Lipinski definition) is 2. The molecule has 5 nitrogen and oxygen atoms in total. The van der Waals surface area contributed by atoms with Gasteiger partial charge in [0, 0.05) is 16.8 Å². The molecule has 1 aliphatic rings. The minimum atomic E-state index is -0.147. The molecule has 0 bridgehead atoms. The number of nitrogens with two attached hydrogens (primary N) is 2. The summed E-state index contributed by atoms with van der Waals surface area (Å²) in [6.07, 6.45) is 5.08. The van der Waals surface area contributed by atoms with Gasteiger partial charge in [-0.15, -0.1) is 0 Å². The van der Waals surface area contributed by atoms with E-state index in [4.69, 9.17) is 25.7 Å². The minimum absolute atomic E-state index is 0.147. The van der Waals surface area contributed by atoms with Gasteiger partial charge in [-0.05, 0) is 134 Å². The van der Waals surface area contributed by atoms with Crippen molar-refractivity contribution in [1.29, 1.82) is 0 Å². The summed E-state index contributed by atoms with van der Waals surface area (Å²) in [5, 5.41) is 0. The summed E-state index contributed by atoms with van der Waals surface area (Å²) < 4.78 is 18.6. The lowest BCUT2D eigenvalue weighted by Crippen LogP contribution is -2.36. The zero-order valence-corrected chi connectivity index (χ0v) is 24.5. The Balaban J connectivity index is 1.23. The molecule has 5 heteroatoms. The lowest BCUT2D eigenvalue weighted by molar-refractivity contribution is 0.128. The van der Waals surface area contributed by atoms with E-state index in [-0.39, 0.29) is 11.5 Å². The van der Waals surface area contributed by atoms with Gasteiger partial charge < -0.3 is 25.7 Å². The lowest BCUT2D eigenvalue weighted by atomic mass is 9.64. The van der Waals surface area contributed by atoms with Gasteiger partial charge in [0.1, 0.15) is 28.7 Å². The Morgan fingerprint density at radius 1 is 0.535 bits per heavy atom. The highest BCUT2D eigenvalue weighted by Gasteiger charge is 2.39. The molecule has 1 aliphatic carbocycles. The Kier molecular flexibility index (Phi) is 8.23. The van der Waals surface area contributed by atoms with Crippen molar-refractivity contribution >= 4 is 11.4 Å². The number of rotatable bonds is 9. The summed E-state index contributed by atoms with van der Waals surface area (Å²) in [6, 6.07) is 40.5. The molecule has 0 spiro atoms. The van der Waals surface area contributed by atoms with Gasteiger partial charge in [0.05, 0.1) is 6.10 Å². The second-order valence-electron chi connectivity index (χ2n) is 11.3. The van der Waals surface area contributed by atoms with Crippen LogP contribution in [0.15, 0.2) is 121 Å². The maximum atomic E-state index is 6.45. The van der Waals surface area contributed by atoms with Crippen LogP contribution in [0, 0.1) is 0 Å². The van der Waals surface area contributed by atoms with E-state index < -0.39 is 0 Å². The zero-order valence-electron chi connectivity index (χ0n) is 24.5.